The van der Waals surface area contributed by atoms with Gasteiger partial charge in [0.25, 0.3) is 5.91 Å². The molecule has 1 aromatic heterocycles. The zero-order valence-electron chi connectivity index (χ0n) is 11.8. The minimum absolute atomic E-state index is 0.193. The molecule has 2 aromatic rings. The largest absolute Gasteiger partial charge is 0.495 e. The Morgan fingerprint density at radius 3 is 2.90 bits per heavy atom. The summed E-state index contributed by atoms with van der Waals surface area (Å²) in [5.74, 6) is 0.339. The third-order valence-corrected chi connectivity index (χ3v) is 2.98. The predicted molar refractivity (Wildman–Crippen MR) is 77.9 cm³/mol. The van der Waals surface area contributed by atoms with Crippen molar-refractivity contribution in [1.82, 2.24) is 9.78 Å². The van der Waals surface area contributed by atoms with Gasteiger partial charge in [-0.3, -0.25) is 9.48 Å². The number of hydrogen-bond acceptors (Lipinski definition) is 4. The van der Waals surface area contributed by atoms with Crippen LogP contribution < -0.4 is 15.8 Å². The lowest BCUT2D eigenvalue weighted by Crippen LogP contribution is -2.13. The van der Waals surface area contributed by atoms with Crippen molar-refractivity contribution in [1.29, 1.82) is 0 Å². The lowest BCUT2D eigenvalue weighted by atomic mass is 10.2. The number of nitrogen functional groups attached to an aromatic ring is 1. The van der Waals surface area contributed by atoms with E-state index in [0.29, 0.717) is 29.1 Å². The van der Waals surface area contributed by atoms with Crippen LogP contribution in [0.15, 0.2) is 24.4 Å². The van der Waals surface area contributed by atoms with Crippen molar-refractivity contribution in [3.8, 4) is 5.75 Å². The zero-order valence-corrected chi connectivity index (χ0v) is 11.8. The van der Waals surface area contributed by atoms with Crippen LogP contribution in [-0.4, -0.2) is 22.8 Å². The number of rotatable bonds is 4. The molecule has 0 bridgehead atoms. The summed E-state index contributed by atoms with van der Waals surface area (Å²) in [6.45, 7) is 1.96. The van der Waals surface area contributed by atoms with Crippen LogP contribution in [0.4, 0.5) is 11.4 Å². The summed E-state index contributed by atoms with van der Waals surface area (Å²) in [6.07, 6.45) is 2.41. The van der Waals surface area contributed by atoms with Gasteiger partial charge in [0.2, 0.25) is 0 Å². The van der Waals surface area contributed by atoms with Crippen molar-refractivity contribution in [2.24, 2.45) is 7.05 Å². The summed E-state index contributed by atoms with van der Waals surface area (Å²) < 4.78 is 6.77. The molecule has 0 saturated carbocycles. The average Bonchev–Trinajstić information content (AvgIpc) is 2.82. The van der Waals surface area contributed by atoms with E-state index in [1.54, 1.807) is 36.1 Å². The number of nitrogens with one attached hydrogen (secondary N) is 1. The molecular formula is C14H18N4O2. The van der Waals surface area contributed by atoms with Gasteiger partial charge in [0.05, 0.1) is 24.1 Å². The Hall–Kier alpha value is -2.50. The summed E-state index contributed by atoms with van der Waals surface area (Å²) in [5, 5.41) is 7.07. The first-order chi connectivity index (χ1) is 9.55. The molecule has 0 aliphatic carbocycles. The number of ether oxygens (including phenoxy) is 1. The Bertz CT molecular complexity index is 634. The van der Waals surface area contributed by atoms with E-state index < -0.39 is 0 Å². The lowest BCUT2D eigenvalue weighted by molar-refractivity contribution is 0.102. The normalized spacial score (nSPS) is 10.3. The predicted octanol–water partition coefficient (Wildman–Crippen LogP) is 1.83. The average molecular weight is 274 g/mol. The second-order valence-electron chi connectivity index (χ2n) is 4.43. The first kappa shape index (κ1) is 13.9. The molecule has 1 heterocycles. The van der Waals surface area contributed by atoms with E-state index in [2.05, 4.69) is 10.4 Å². The van der Waals surface area contributed by atoms with Crippen LogP contribution in [0.3, 0.4) is 0 Å². The van der Waals surface area contributed by atoms with E-state index >= 15 is 0 Å². The molecule has 106 valence electrons. The van der Waals surface area contributed by atoms with Gasteiger partial charge in [-0.25, -0.2) is 0 Å². The summed E-state index contributed by atoms with van der Waals surface area (Å²) in [7, 11) is 3.33. The van der Waals surface area contributed by atoms with Crippen molar-refractivity contribution < 1.29 is 9.53 Å². The third kappa shape index (κ3) is 2.74. The van der Waals surface area contributed by atoms with Gasteiger partial charge in [-0.2, -0.15) is 5.10 Å². The van der Waals surface area contributed by atoms with Crippen LogP contribution in [0.1, 0.15) is 23.0 Å². The number of nitrogens with two attached hydrogens (primary N) is 1. The zero-order chi connectivity index (χ0) is 14.7. The van der Waals surface area contributed by atoms with Crippen molar-refractivity contribution in [3.05, 3.63) is 35.7 Å². The third-order valence-electron chi connectivity index (χ3n) is 2.98. The fourth-order valence-corrected chi connectivity index (χ4v) is 1.97. The standard InChI is InChI=1S/C14H18N4O2/c1-4-12-10(8-18(2)17-12)14(19)16-9-5-6-11(15)13(7-9)20-3/h5-8H,4,15H2,1-3H3,(H,16,19). The highest BCUT2D eigenvalue weighted by atomic mass is 16.5. The number of aryl methyl sites for hydroxylation is 2. The maximum atomic E-state index is 12.3. The van der Waals surface area contributed by atoms with Gasteiger partial charge < -0.3 is 15.8 Å². The number of anilines is 2. The van der Waals surface area contributed by atoms with Gasteiger partial charge in [0.15, 0.2) is 0 Å². The molecule has 0 spiro atoms. The highest BCUT2D eigenvalue weighted by molar-refractivity contribution is 6.05. The van der Waals surface area contributed by atoms with Crippen LogP contribution in [0.25, 0.3) is 0 Å². The number of amides is 1. The molecule has 3 N–H and O–H groups in total. The molecule has 20 heavy (non-hydrogen) atoms. The Morgan fingerprint density at radius 1 is 1.50 bits per heavy atom. The molecule has 0 atom stereocenters. The minimum atomic E-state index is -0.193. The molecule has 6 heteroatoms. The van der Waals surface area contributed by atoms with Crippen molar-refractivity contribution in [3.63, 3.8) is 0 Å². The highest BCUT2D eigenvalue weighted by Crippen LogP contribution is 2.25. The number of benzene rings is 1. The van der Waals surface area contributed by atoms with Crippen molar-refractivity contribution in [2.45, 2.75) is 13.3 Å². The maximum Gasteiger partial charge on any atom is 0.259 e. The Morgan fingerprint density at radius 2 is 2.25 bits per heavy atom. The lowest BCUT2D eigenvalue weighted by Gasteiger charge is -2.08. The molecule has 0 aliphatic heterocycles. The monoisotopic (exact) mass is 274 g/mol. The number of aromatic nitrogens is 2. The Labute approximate surface area is 117 Å². The number of nitrogens with zero attached hydrogens (tertiary/aromatic N) is 2. The van der Waals surface area contributed by atoms with Gasteiger partial charge in [0.1, 0.15) is 5.75 Å². The van der Waals surface area contributed by atoms with Crippen molar-refractivity contribution >= 4 is 17.3 Å². The second kappa shape index (κ2) is 5.64. The van der Waals surface area contributed by atoms with E-state index in [4.69, 9.17) is 10.5 Å². The molecule has 0 saturated heterocycles. The molecule has 0 fully saturated rings. The first-order valence-corrected chi connectivity index (χ1v) is 6.32. The molecule has 6 nitrogen and oxygen atoms in total. The molecule has 2 rings (SSSR count). The van der Waals surface area contributed by atoms with Gasteiger partial charge in [-0.05, 0) is 18.6 Å². The smallest absolute Gasteiger partial charge is 0.259 e. The Kier molecular flexibility index (Phi) is 3.93. The number of hydrogen-bond donors (Lipinski definition) is 2. The van der Waals surface area contributed by atoms with E-state index in [9.17, 15) is 4.79 Å². The van der Waals surface area contributed by atoms with Gasteiger partial charge >= 0.3 is 0 Å². The summed E-state index contributed by atoms with van der Waals surface area (Å²) in [6, 6.07) is 5.12. The quantitative estimate of drug-likeness (QED) is 0.833. The molecule has 1 amide bonds. The first-order valence-electron chi connectivity index (χ1n) is 6.32. The van der Waals surface area contributed by atoms with Crippen LogP contribution in [0, 0.1) is 0 Å². The van der Waals surface area contributed by atoms with E-state index in [1.807, 2.05) is 6.92 Å². The summed E-state index contributed by atoms with van der Waals surface area (Å²) >= 11 is 0. The fourth-order valence-electron chi connectivity index (χ4n) is 1.97. The van der Waals surface area contributed by atoms with Crippen LogP contribution in [-0.2, 0) is 13.5 Å². The van der Waals surface area contributed by atoms with E-state index in [0.717, 1.165) is 5.69 Å². The van der Waals surface area contributed by atoms with Crippen LogP contribution in [0.2, 0.25) is 0 Å². The number of methoxy groups -OCH3 is 1. The topological polar surface area (TPSA) is 82.2 Å². The van der Waals surface area contributed by atoms with Gasteiger partial charge in [-0.15, -0.1) is 0 Å². The molecule has 1 aromatic carbocycles. The van der Waals surface area contributed by atoms with E-state index in [-0.39, 0.29) is 5.91 Å². The van der Waals surface area contributed by atoms with Crippen LogP contribution >= 0.6 is 0 Å². The van der Waals surface area contributed by atoms with Gasteiger partial charge in [0, 0.05) is 25.0 Å². The van der Waals surface area contributed by atoms with E-state index in [1.165, 1.54) is 7.11 Å². The second-order valence-corrected chi connectivity index (χ2v) is 4.43. The van der Waals surface area contributed by atoms with Crippen LogP contribution in [0.5, 0.6) is 5.75 Å². The number of carbonyl (C=O) groups excluding carboxylic acids is 1. The minimum Gasteiger partial charge on any atom is -0.495 e. The summed E-state index contributed by atoms with van der Waals surface area (Å²) in [4.78, 5) is 12.3. The van der Waals surface area contributed by atoms with Crippen molar-refractivity contribution in [2.75, 3.05) is 18.2 Å². The SMILES string of the molecule is CCc1nn(C)cc1C(=O)Nc1ccc(N)c(OC)c1. The van der Waals surface area contributed by atoms with Gasteiger partial charge in [-0.1, -0.05) is 6.92 Å². The Balaban J connectivity index is 2.23. The molecular weight excluding hydrogens is 256 g/mol. The fraction of sp³-hybridized carbons (Fsp3) is 0.286. The number of carbonyl (C=O) groups is 1. The molecule has 0 radical (unpaired) electrons. The molecule has 0 unspecified atom stereocenters. The maximum absolute atomic E-state index is 12.3. The summed E-state index contributed by atoms with van der Waals surface area (Å²) in [5.41, 5.74) is 8.25. The molecule has 0 aliphatic rings. The highest BCUT2D eigenvalue weighted by Gasteiger charge is 2.14.